The summed E-state index contributed by atoms with van der Waals surface area (Å²) in [6, 6.07) is 48.8. The Kier molecular flexibility index (Phi) is 38.6. The molecule has 0 bridgehead atoms. The number of fused-ring (bicyclic) bond motifs is 1. The fourth-order valence-corrected chi connectivity index (χ4v) is 22.3. The zero-order valence-electron chi connectivity index (χ0n) is 71.9. The molecule has 8 atom stereocenters. The van der Waals surface area contributed by atoms with E-state index < -0.39 is 58.4 Å². The Morgan fingerprint density at radius 3 is 1.39 bits per heavy atom. The molecule has 0 spiro atoms. The summed E-state index contributed by atoms with van der Waals surface area (Å²) in [5, 5.41) is 34.2. The van der Waals surface area contributed by atoms with Crippen molar-refractivity contribution < 1.29 is 113 Å². The number of aliphatic carboxylic acids is 2. The molecule has 1 heterocycles. The monoisotopic (exact) mass is 1630 g/mol. The second-order valence-electron chi connectivity index (χ2n) is 36.3. The number of carboxylic acids is 2. The van der Waals surface area contributed by atoms with Gasteiger partial charge in [-0.25, -0.2) is 0 Å². The van der Waals surface area contributed by atoms with Gasteiger partial charge in [0.25, 0.3) is 0 Å². The summed E-state index contributed by atoms with van der Waals surface area (Å²) in [6.45, 7) is 44.6. The van der Waals surface area contributed by atoms with Crippen molar-refractivity contribution in [2.75, 3.05) is 14.2 Å². The number of ketones is 1. The molecule has 5 aromatic rings. The van der Waals surface area contributed by atoms with Crippen LogP contribution in [0.3, 0.4) is 0 Å². The molecular formula is C92H136KO13PSi4. The molecule has 2 saturated carbocycles. The summed E-state index contributed by atoms with van der Waals surface area (Å²) >= 11 is 0. The molecule has 13 nitrogen and oxygen atoms in total. The Hall–Kier alpha value is -4.03. The first kappa shape index (κ1) is 97.6. The number of Topliss-reactive ketones (excluding diaryl/α,β-unsaturated/α-hetero) is 1. The zero-order chi connectivity index (χ0) is 81.5. The number of methoxy groups -OCH3 is 2. The molecule has 2 N–H and O–H groups in total. The number of rotatable bonds is 33. The number of aryl methyl sites for hydroxylation is 2. The maximum Gasteiger partial charge on any atom is 1.00 e. The molecule has 0 aromatic heterocycles. The third-order valence-corrected chi connectivity index (χ3v) is 45.7. The SMILES string of the molecule is COCc1cccc(CCC(C=C=C2[C@H]3CC(O)OC3C[C@H]2O[Si](C)(C)C(C)(C)C)O[Si](C)(C)C(C)(C)C)c1.COCc1cccc(CC[C@@H](C=C=C2[C@@H](C/C=C\CCCC(=O)O)C(=O)C[C@H]2O[Si](C)(C)C(C)(C)C)O[Si](C)(C)C(C)(C)C)c1.O=C([O-])CCCC=P(c1ccccc1)(c1ccccc1)c1ccccc1.[K+]. The molecule has 0 amide bonds. The van der Waals surface area contributed by atoms with Crippen LogP contribution in [0.4, 0.5) is 0 Å². The number of hydrogen-bond donors (Lipinski definition) is 2. The number of carbonyl (C=O) groups is 3. The number of ether oxygens (including phenoxy) is 3. The molecule has 0 radical (unpaired) electrons. The van der Waals surface area contributed by atoms with Crippen molar-refractivity contribution in [2.24, 2.45) is 11.8 Å². The van der Waals surface area contributed by atoms with E-state index >= 15 is 0 Å². The Labute approximate surface area is 716 Å². The predicted octanol–water partition coefficient (Wildman–Crippen LogP) is 16.9. The normalized spacial score (nSPS) is 19.0. The third kappa shape index (κ3) is 29.5. The Balaban J connectivity index is 0.000000306. The van der Waals surface area contributed by atoms with Crippen LogP contribution in [0.5, 0.6) is 0 Å². The fraction of sp³-hybridized carbons (Fsp3) is 0.543. The van der Waals surface area contributed by atoms with Gasteiger partial charge in [0.1, 0.15) is 5.78 Å². The van der Waals surface area contributed by atoms with Gasteiger partial charge in [-0.2, -0.15) is 0 Å². The Bertz CT molecular complexity index is 3860. The number of aliphatic hydroxyl groups is 1. The van der Waals surface area contributed by atoms with Gasteiger partial charge < -0.3 is 52.0 Å². The maximum absolute atomic E-state index is 13.5. The van der Waals surface area contributed by atoms with E-state index in [1.54, 1.807) is 14.2 Å². The van der Waals surface area contributed by atoms with Crippen molar-refractivity contribution in [3.63, 3.8) is 0 Å². The average Bonchev–Trinajstić information content (AvgIpc) is 1.27. The second-order valence-corrected chi connectivity index (χ2v) is 58.7. The summed E-state index contributed by atoms with van der Waals surface area (Å²) in [4.78, 5) is 35.2. The summed E-state index contributed by atoms with van der Waals surface area (Å²) in [7, 11) is -4.82. The topological polar surface area (TPSA) is 179 Å². The summed E-state index contributed by atoms with van der Waals surface area (Å²) < 4.78 is 44.3. The number of unbranched alkanes of at least 4 members (excludes halogenated alkanes) is 2. The van der Waals surface area contributed by atoms with Crippen LogP contribution in [0.1, 0.15) is 182 Å². The van der Waals surface area contributed by atoms with Gasteiger partial charge in [-0.3, -0.25) is 9.59 Å². The van der Waals surface area contributed by atoms with Crippen LogP contribution in [0.2, 0.25) is 72.5 Å². The summed E-state index contributed by atoms with van der Waals surface area (Å²) in [6.07, 6.45) is 15.6. The van der Waals surface area contributed by atoms with Crippen LogP contribution in [-0.2, 0) is 72.4 Å². The van der Waals surface area contributed by atoms with Crippen LogP contribution < -0.4 is 72.4 Å². The number of allylic oxidation sites excluding steroid dienone is 2. The molecule has 3 aliphatic rings. The van der Waals surface area contributed by atoms with Gasteiger partial charge in [-0.1, -0.05) is 241 Å². The van der Waals surface area contributed by atoms with Gasteiger partial charge in [0.05, 0.1) is 49.7 Å². The number of carboxylic acid groups (broad SMARTS) is 2. The fourth-order valence-electron chi connectivity index (χ4n) is 13.2. The summed E-state index contributed by atoms with van der Waals surface area (Å²) in [5.41, 5.74) is 14.3. The van der Waals surface area contributed by atoms with E-state index in [9.17, 15) is 24.6 Å². The molecule has 1 saturated heterocycles. The minimum Gasteiger partial charge on any atom is -0.550 e. The predicted molar refractivity (Wildman–Crippen MR) is 464 cm³/mol. The van der Waals surface area contributed by atoms with Crippen LogP contribution in [-0.4, -0.2) is 118 Å². The Morgan fingerprint density at radius 2 is 0.973 bits per heavy atom. The zero-order valence-corrected chi connectivity index (χ0v) is 79.9. The van der Waals surface area contributed by atoms with Gasteiger partial charge in [0.15, 0.2) is 39.6 Å². The van der Waals surface area contributed by atoms with Crippen molar-refractivity contribution in [3.8, 4) is 0 Å². The molecule has 604 valence electrons. The van der Waals surface area contributed by atoms with E-state index in [2.05, 4.69) is 286 Å². The van der Waals surface area contributed by atoms with E-state index in [4.69, 9.17) is 37.0 Å². The molecular weight excluding hydrogens is 1500 g/mol. The molecule has 3 unspecified atom stereocenters. The van der Waals surface area contributed by atoms with Crippen molar-refractivity contribution in [1.29, 1.82) is 0 Å². The van der Waals surface area contributed by atoms with Crippen LogP contribution in [0.15, 0.2) is 186 Å². The number of benzene rings is 5. The third-order valence-electron chi connectivity index (χ3n) is 23.6. The van der Waals surface area contributed by atoms with Gasteiger partial charge in [-0.05, 0) is 194 Å². The number of aliphatic hydroxyl groups excluding tert-OH is 1. The van der Waals surface area contributed by atoms with Gasteiger partial charge in [0.2, 0.25) is 0 Å². The van der Waals surface area contributed by atoms with E-state index in [1.807, 2.05) is 30.4 Å². The minimum atomic E-state index is -2.16. The van der Waals surface area contributed by atoms with Crippen molar-refractivity contribution in [2.45, 2.75) is 296 Å². The standard InChI is InChI=1S/C37H60O6Si2.C32H54O5Si2.C23H23O2P.K/c1-36(2,3)44(8,9)42-30(22-21-28-17-16-18-29(25-28)27-41-7)23-24-32-31(19-14-12-13-15-20-35(39)40)33(38)26-34(32)43-45(10,11)37(4,5)6;1-31(2,3)38(8,9)36-25(16-15-23-13-12-14-24(19-23)22-34-7)17-18-26-27-20-30(33)35-28(27)21-29(26)37-39(10,11)32(4,5)6;24-23(25)18-10-11-19-26(20-12-4-1-5-13-20,21-14-6-2-7-15-21)22-16-8-3-9-17-22;/h12,14,16-18,23,25,30-31,34H,13,15,19-22,26-27H2,1-11H3,(H,39,40);12-14,17,19,25,27-30,33H,15-16,20-22H2,1-11H3;1-9,12-17,19H,10-11,18H2,(H,24,25);/q;;;+1/p-1/b14-12-;;;/t24?,30-,31+,34+;18?,25?,27-,28?,29-,30?;;/m01../s1. The van der Waals surface area contributed by atoms with Gasteiger partial charge >= 0.3 is 57.4 Å². The first-order valence-electron chi connectivity index (χ1n) is 40.0. The van der Waals surface area contributed by atoms with Crippen LogP contribution >= 0.6 is 6.89 Å². The number of hydrogen-bond acceptors (Lipinski definition) is 12. The Morgan fingerprint density at radius 1 is 0.559 bits per heavy atom. The van der Waals surface area contributed by atoms with E-state index in [-0.39, 0.29) is 133 Å². The van der Waals surface area contributed by atoms with Crippen molar-refractivity contribution in [1.82, 2.24) is 0 Å². The van der Waals surface area contributed by atoms with E-state index in [0.717, 1.165) is 55.2 Å². The van der Waals surface area contributed by atoms with Gasteiger partial charge in [-0.15, -0.1) is 11.5 Å². The minimum absolute atomic E-state index is 0. The maximum atomic E-state index is 13.5. The van der Waals surface area contributed by atoms with Crippen LogP contribution in [0, 0.1) is 11.8 Å². The first-order valence-corrected chi connectivity index (χ1v) is 53.5. The first-order chi connectivity index (χ1) is 51.4. The molecule has 19 heteroatoms. The molecule has 3 fully saturated rings. The smallest absolute Gasteiger partial charge is 0.550 e. The number of carbonyl (C=O) groups excluding carboxylic acids is 2. The average molecular weight is 1630 g/mol. The summed E-state index contributed by atoms with van der Waals surface area (Å²) in [5.74, 6) is 0.613. The van der Waals surface area contributed by atoms with Crippen molar-refractivity contribution in [3.05, 3.63) is 209 Å². The second kappa shape index (κ2) is 44.0. The van der Waals surface area contributed by atoms with Crippen molar-refractivity contribution >= 4 is 79.6 Å². The van der Waals surface area contributed by atoms with Crippen LogP contribution in [0.25, 0.3) is 0 Å². The largest absolute Gasteiger partial charge is 1.00 e. The van der Waals surface area contributed by atoms with E-state index in [0.29, 0.717) is 51.7 Å². The molecule has 8 rings (SSSR count). The quantitative estimate of drug-likeness (QED) is 0.0133. The molecule has 5 aromatic carbocycles. The molecule has 1 aliphatic heterocycles. The molecule has 2 aliphatic carbocycles. The van der Waals surface area contributed by atoms with E-state index in [1.165, 1.54) is 32.6 Å². The van der Waals surface area contributed by atoms with Gasteiger partial charge in [0, 0.05) is 62.9 Å². The molecule has 111 heavy (non-hydrogen) atoms.